The third-order valence-corrected chi connectivity index (χ3v) is 3.27. The Morgan fingerprint density at radius 2 is 1.82 bits per heavy atom. The maximum atomic E-state index is 12.2. The molecular weight excluding hydrogens is 304 g/mol. The molecule has 0 saturated carbocycles. The molecule has 22 heavy (non-hydrogen) atoms. The van der Waals surface area contributed by atoms with Gasteiger partial charge in [0.25, 0.3) is 0 Å². The first kappa shape index (κ1) is 18.5. The Morgan fingerprint density at radius 3 is 2.41 bits per heavy atom. The molecule has 0 fully saturated rings. The van der Waals surface area contributed by atoms with E-state index in [1.807, 2.05) is 20.8 Å². The Hall–Kier alpha value is -1.55. The van der Waals surface area contributed by atoms with Gasteiger partial charge in [0.15, 0.2) is 0 Å². The molecule has 0 bridgehead atoms. The highest BCUT2D eigenvalue weighted by Crippen LogP contribution is 2.17. The lowest BCUT2D eigenvalue weighted by molar-refractivity contribution is 0.0428. The van der Waals surface area contributed by atoms with Gasteiger partial charge in [0.05, 0.1) is 24.3 Å². The van der Waals surface area contributed by atoms with Crippen molar-refractivity contribution in [2.45, 2.75) is 39.5 Å². The topological polar surface area (TPSA) is 52.6 Å². The number of carbonyl (C=O) groups excluding carboxylic acids is 2. The maximum Gasteiger partial charge on any atom is 0.339 e. The van der Waals surface area contributed by atoms with Crippen LogP contribution < -0.4 is 0 Å². The van der Waals surface area contributed by atoms with Crippen molar-refractivity contribution >= 4 is 23.5 Å². The number of halogens is 1. The summed E-state index contributed by atoms with van der Waals surface area (Å²) in [5.41, 5.74) is 1.18. The third kappa shape index (κ3) is 5.68. The second-order valence-corrected chi connectivity index (χ2v) is 5.76. The Labute approximate surface area is 136 Å². The number of unbranched alkanes of at least 4 members (excludes halogenated alkanes) is 1. The van der Waals surface area contributed by atoms with Crippen molar-refractivity contribution in [3.8, 4) is 0 Å². The second-order valence-electron chi connectivity index (χ2n) is 5.50. The Bertz CT molecular complexity index is 511. The maximum absolute atomic E-state index is 12.2. The lowest BCUT2D eigenvalue weighted by Gasteiger charge is -2.12. The quantitative estimate of drug-likeness (QED) is 0.408. The predicted octanol–water partition coefficient (Wildman–Crippen LogP) is 4.20. The second kappa shape index (κ2) is 9.46. The van der Waals surface area contributed by atoms with E-state index in [0.29, 0.717) is 13.2 Å². The molecule has 0 saturated heterocycles. The molecule has 122 valence electrons. The van der Waals surface area contributed by atoms with Crippen LogP contribution in [0.2, 0.25) is 0 Å². The molecule has 0 unspecified atom stereocenters. The van der Waals surface area contributed by atoms with Gasteiger partial charge in [-0.1, -0.05) is 33.3 Å². The molecule has 0 heterocycles. The van der Waals surface area contributed by atoms with E-state index < -0.39 is 11.9 Å². The predicted molar refractivity (Wildman–Crippen MR) is 86.3 cm³/mol. The fourth-order valence-corrected chi connectivity index (χ4v) is 1.89. The summed E-state index contributed by atoms with van der Waals surface area (Å²) in [6.45, 7) is 6.55. The zero-order valence-corrected chi connectivity index (χ0v) is 14.1. The molecule has 1 rings (SSSR count). The van der Waals surface area contributed by atoms with Crippen LogP contribution >= 0.6 is 11.6 Å². The zero-order chi connectivity index (χ0) is 16.5. The molecule has 0 aliphatic carbocycles. The molecule has 0 aromatic heterocycles. The minimum absolute atomic E-state index is 0.211. The van der Waals surface area contributed by atoms with E-state index in [-0.39, 0.29) is 22.9 Å². The minimum atomic E-state index is -0.517. The van der Waals surface area contributed by atoms with Crippen molar-refractivity contribution in [1.29, 1.82) is 0 Å². The number of rotatable bonds is 8. The molecule has 1 aromatic rings. The molecule has 0 spiro atoms. The molecule has 0 N–H and O–H groups in total. The van der Waals surface area contributed by atoms with Crippen LogP contribution in [0.5, 0.6) is 0 Å². The fraction of sp³-hybridized carbons (Fsp3) is 0.529. The normalized spacial score (nSPS) is 10.6. The van der Waals surface area contributed by atoms with Crippen LogP contribution in [-0.4, -0.2) is 25.2 Å². The summed E-state index contributed by atoms with van der Waals surface area (Å²) in [6.07, 6.45) is 1.71. The van der Waals surface area contributed by atoms with Crippen LogP contribution in [-0.2, 0) is 15.4 Å². The van der Waals surface area contributed by atoms with Crippen molar-refractivity contribution < 1.29 is 19.1 Å². The van der Waals surface area contributed by atoms with Crippen LogP contribution in [0.15, 0.2) is 18.2 Å². The number of hydrogen-bond acceptors (Lipinski definition) is 4. The largest absolute Gasteiger partial charge is 0.462 e. The van der Waals surface area contributed by atoms with Crippen molar-refractivity contribution in [3.63, 3.8) is 0 Å². The first-order valence-electron chi connectivity index (χ1n) is 7.52. The summed E-state index contributed by atoms with van der Waals surface area (Å²) in [5, 5.41) is 0. The van der Waals surface area contributed by atoms with Crippen molar-refractivity contribution in [2.24, 2.45) is 5.92 Å². The van der Waals surface area contributed by atoms with E-state index in [0.717, 1.165) is 18.4 Å². The third-order valence-electron chi connectivity index (χ3n) is 2.96. The number of esters is 2. The summed E-state index contributed by atoms with van der Waals surface area (Å²) in [4.78, 5) is 24.3. The van der Waals surface area contributed by atoms with Gasteiger partial charge in [-0.3, -0.25) is 0 Å². The number of ether oxygens (including phenoxy) is 2. The Balaban J connectivity index is 2.95. The van der Waals surface area contributed by atoms with Crippen molar-refractivity contribution in [1.82, 2.24) is 0 Å². The minimum Gasteiger partial charge on any atom is -0.462 e. The molecular formula is C17H23ClO4. The summed E-state index contributed by atoms with van der Waals surface area (Å²) < 4.78 is 10.4. The standard InChI is InChI=1S/C17H23ClO4/c1-4-5-8-21-17(20)15-9-13(10-18)6-7-14(15)16(19)22-11-12(2)3/h6-7,9,12H,4-5,8,10-11H2,1-3H3. The fourth-order valence-electron chi connectivity index (χ4n) is 1.73. The van der Waals surface area contributed by atoms with E-state index in [9.17, 15) is 9.59 Å². The molecule has 0 aliphatic heterocycles. The van der Waals surface area contributed by atoms with Gasteiger partial charge in [-0.2, -0.15) is 0 Å². The molecule has 1 aromatic carbocycles. The van der Waals surface area contributed by atoms with Crippen LogP contribution in [0.3, 0.4) is 0 Å². The number of benzene rings is 1. The van der Waals surface area contributed by atoms with Gasteiger partial charge in [-0.05, 0) is 30.0 Å². The van der Waals surface area contributed by atoms with E-state index in [1.165, 1.54) is 0 Å². The van der Waals surface area contributed by atoms with Gasteiger partial charge in [0.1, 0.15) is 0 Å². The number of carbonyl (C=O) groups is 2. The first-order valence-corrected chi connectivity index (χ1v) is 8.06. The van der Waals surface area contributed by atoms with Crippen LogP contribution in [0.25, 0.3) is 0 Å². The average Bonchev–Trinajstić information content (AvgIpc) is 2.52. The van der Waals surface area contributed by atoms with Gasteiger partial charge in [0.2, 0.25) is 0 Å². The summed E-state index contributed by atoms with van der Waals surface area (Å²) in [5.74, 6) is -0.545. The van der Waals surface area contributed by atoms with Gasteiger partial charge in [-0.15, -0.1) is 11.6 Å². The van der Waals surface area contributed by atoms with Crippen LogP contribution in [0.4, 0.5) is 0 Å². The van der Waals surface area contributed by atoms with Gasteiger partial charge in [-0.25, -0.2) is 9.59 Å². The van der Waals surface area contributed by atoms with E-state index in [4.69, 9.17) is 21.1 Å². The van der Waals surface area contributed by atoms with Gasteiger partial charge in [0, 0.05) is 5.88 Å². The molecule has 0 aliphatic rings. The Morgan fingerprint density at radius 1 is 1.14 bits per heavy atom. The molecule has 0 atom stereocenters. The zero-order valence-electron chi connectivity index (χ0n) is 13.4. The monoisotopic (exact) mass is 326 g/mol. The van der Waals surface area contributed by atoms with E-state index in [1.54, 1.807) is 18.2 Å². The molecule has 5 heteroatoms. The molecule has 0 amide bonds. The highest BCUT2D eigenvalue weighted by molar-refractivity contribution is 6.17. The summed E-state index contributed by atoms with van der Waals surface area (Å²) >= 11 is 5.80. The van der Waals surface area contributed by atoms with Gasteiger partial charge >= 0.3 is 11.9 Å². The van der Waals surface area contributed by atoms with Crippen molar-refractivity contribution in [3.05, 3.63) is 34.9 Å². The smallest absolute Gasteiger partial charge is 0.339 e. The van der Waals surface area contributed by atoms with Gasteiger partial charge < -0.3 is 9.47 Å². The first-order chi connectivity index (χ1) is 10.5. The van der Waals surface area contributed by atoms with Crippen LogP contribution in [0.1, 0.15) is 59.9 Å². The summed E-state index contributed by atoms with van der Waals surface area (Å²) in [6, 6.07) is 4.87. The van der Waals surface area contributed by atoms with Crippen LogP contribution in [0, 0.1) is 5.92 Å². The lowest BCUT2D eigenvalue weighted by Crippen LogP contribution is -2.16. The highest BCUT2D eigenvalue weighted by atomic mass is 35.5. The number of hydrogen-bond donors (Lipinski definition) is 0. The number of alkyl halides is 1. The lowest BCUT2D eigenvalue weighted by atomic mass is 10.0. The average molecular weight is 327 g/mol. The Kier molecular flexibility index (Phi) is 7.96. The van der Waals surface area contributed by atoms with Crippen molar-refractivity contribution in [2.75, 3.05) is 13.2 Å². The molecule has 0 radical (unpaired) electrons. The SMILES string of the molecule is CCCCOC(=O)c1cc(CCl)ccc1C(=O)OCC(C)C. The molecule has 4 nitrogen and oxygen atoms in total. The highest BCUT2D eigenvalue weighted by Gasteiger charge is 2.20. The summed E-state index contributed by atoms with van der Waals surface area (Å²) in [7, 11) is 0. The van der Waals surface area contributed by atoms with E-state index >= 15 is 0 Å². The van der Waals surface area contributed by atoms with E-state index in [2.05, 4.69) is 0 Å².